The van der Waals surface area contributed by atoms with Gasteiger partial charge in [0.1, 0.15) is 18.1 Å². The molecule has 1 heterocycles. The van der Waals surface area contributed by atoms with Gasteiger partial charge in [-0.1, -0.05) is 18.7 Å². The zero-order valence-electron chi connectivity index (χ0n) is 20.8. The van der Waals surface area contributed by atoms with E-state index in [1.807, 2.05) is 25.9 Å². The number of ketones is 1. The Labute approximate surface area is 206 Å². The van der Waals surface area contributed by atoms with Crippen molar-refractivity contribution in [3.63, 3.8) is 0 Å². The number of nitrogens with zero attached hydrogens (tertiary/aromatic N) is 2. The fourth-order valence-corrected chi connectivity index (χ4v) is 4.05. The van der Waals surface area contributed by atoms with Gasteiger partial charge in [0.2, 0.25) is 0 Å². The molecule has 8 nitrogen and oxygen atoms in total. The molecule has 35 heavy (non-hydrogen) atoms. The number of likely N-dealkylation sites (N-methyl/N-ethyl adjacent to an activating group) is 1. The number of carbonyl (C=O) groups excluding carboxylic acids is 2. The number of aryl methyl sites for hydroxylation is 1. The van der Waals surface area contributed by atoms with E-state index in [9.17, 15) is 14.7 Å². The highest BCUT2D eigenvalue weighted by Crippen LogP contribution is 2.42. The van der Waals surface area contributed by atoms with Crippen LogP contribution in [0.3, 0.4) is 0 Å². The summed E-state index contributed by atoms with van der Waals surface area (Å²) in [6, 6.07) is 9.55. The molecule has 3 rings (SSSR count). The number of hydrogen-bond acceptors (Lipinski definition) is 7. The van der Waals surface area contributed by atoms with Crippen molar-refractivity contribution in [1.29, 1.82) is 0 Å². The van der Waals surface area contributed by atoms with Crippen molar-refractivity contribution in [2.75, 3.05) is 48.0 Å². The van der Waals surface area contributed by atoms with Crippen LogP contribution in [0.1, 0.15) is 22.7 Å². The van der Waals surface area contributed by atoms with Crippen LogP contribution in [-0.4, -0.2) is 74.6 Å². The molecule has 1 saturated heterocycles. The molecular formula is C27H32N2O6. The lowest BCUT2D eigenvalue weighted by molar-refractivity contribution is -0.140. The number of benzene rings is 2. The van der Waals surface area contributed by atoms with Crippen molar-refractivity contribution >= 4 is 17.4 Å². The molecule has 0 aliphatic carbocycles. The van der Waals surface area contributed by atoms with Crippen LogP contribution >= 0.6 is 0 Å². The third-order valence-corrected chi connectivity index (χ3v) is 5.86. The predicted molar refractivity (Wildman–Crippen MR) is 134 cm³/mol. The van der Waals surface area contributed by atoms with Gasteiger partial charge in [-0.3, -0.25) is 9.59 Å². The molecule has 2 aromatic rings. The van der Waals surface area contributed by atoms with Crippen LogP contribution in [0, 0.1) is 6.92 Å². The third kappa shape index (κ3) is 5.33. The van der Waals surface area contributed by atoms with Gasteiger partial charge in [0.15, 0.2) is 11.5 Å². The summed E-state index contributed by atoms with van der Waals surface area (Å²) in [6.07, 6.45) is 1.64. The number of likely N-dealkylation sites (tertiary alicyclic amines) is 1. The minimum Gasteiger partial charge on any atom is -0.507 e. The topological polar surface area (TPSA) is 88.5 Å². The monoisotopic (exact) mass is 480 g/mol. The summed E-state index contributed by atoms with van der Waals surface area (Å²) in [5, 5.41) is 11.3. The molecule has 8 heteroatoms. The van der Waals surface area contributed by atoms with Crippen LogP contribution in [0.4, 0.5) is 0 Å². The van der Waals surface area contributed by atoms with Gasteiger partial charge in [0.25, 0.3) is 11.7 Å². The minimum atomic E-state index is -0.785. The Kier molecular flexibility index (Phi) is 8.19. The van der Waals surface area contributed by atoms with Gasteiger partial charge in [-0.2, -0.15) is 0 Å². The molecule has 0 radical (unpaired) electrons. The second-order valence-corrected chi connectivity index (χ2v) is 8.49. The van der Waals surface area contributed by atoms with Crippen LogP contribution in [0.5, 0.6) is 17.2 Å². The van der Waals surface area contributed by atoms with Crippen LogP contribution in [-0.2, 0) is 9.59 Å². The molecule has 1 atom stereocenters. The summed E-state index contributed by atoms with van der Waals surface area (Å²) in [7, 11) is 6.83. The van der Waals surface area contributed by atoms with Crippen molar-refractivity contribution in [2.24, 2.45) is 0 Å². The highest BCUT2D eigenvalue weighted by atomic mass is 16.5. The Morgan fingerprint density at radius 3 is 2.37 bits per heavy atom. The molecule has 0 bridgehead atoms. The summed E-state index contributed by atoms with van der Waals surface area (Å²) in [5.41, 5.74) is 1.86. The van der Waals surface area contributed by atoms with Gasteiger partial charge >= 0.3 is 0 Å². The van der Waals surface area contributed by atoms with Gasteiger partial charge < -0.3 is 29.1 Å². The van der Waals surface area contributed by atoms with Crippen LogP contribution in [0.15, 0.2) is 54.6 Å². The number of aliphatic hydroxyl groups excluding tert-OH is 1. The Balaban J connectivity index is 2.15. The number of methoxy groups -OCH3 is 2. The number of hydrogen-bond donors (Lipinski definition) is 1. The highest BCUT2D eigenvalue weighted by molar-refractivity contribution is 6.46. The summed E-state index contributed by atoms with van der Waals surface area (Å²) in [4.78, 5) is 29.7. The van der Waals surface area contributed by atoms with E-state index in [1.54, 1.807) is 42.5 Å². The second kappa shape index (κ2) is 11.1. The van der Waals surface area contributed by atoms with E-state index in [4.69, 9.17) is 14.2 Å². The quantitative estimate of drug-likeness (QED) is 0.241. The van der Waals surface area contributed by atoms with Crippen LogP contribution in [0.25, 0.3) is 5.76 Å². The van der Waals surface area contributed by atoms with E-state index in [1.165, 1.54) is 19.1 Å². The number of Topliss-reactive ketones (excluding diaryl/α,β-unsaturated/α-hetero) is 1. The maximum atomic E-state index is 13.2. The number of amides is 1. The fraction of sp³-hybridized carbons (Fsp3) is 0.333. The smallest absolute Gasteiger partial charge is 0.295 e. The van der Waals surface area contributed by atoms with E-state index in [-0.39, 0.29) is 11.3 Å². The van der Waals surface area contributed by atoms with Crippen molar-refractivity contribution in [2.45, 2.75) is 13.0 Å². The van der Waals surface area contributed by atoms with Crippen molar-refractivity contribution in [1.82, 2.24) is 9.80 Å². The Morgan fingerprint density at radius 2 is 1.77 bits per heavy atom. The average Bonchev–Trinajstić information content (AvgIpc) is 3.10. The maximum Gasteiger partial charge on any atom is 0.295 e. The van der Waals surface area contributed by atoms with E-state index >= 15 is 0 Å². The molecule has 1 amide bonds. The molecule has 1 N–H and O–H groups in total. The number of aliphatic hydroxyl groups is 1. The lowest BCUT2D eigenvalue weighted by Gasteiger charge is -2.27. The Morgan fingerprint density at radius 1 is 1.09 bits per heavy atom. The van der Waals surface area contributed by atoms with Crippen molar-refractivity contribution in [3.8, 4) is 17.2 Å². The lowest BCUT2D eigenvalue weighted by atomic mass is 9.94. The number of carbonyl (C=O) groups is 2. The first-order chi connectivity index (χ1) is 16.7. The summed E-state index contributed by atoms with van der Waals surface area (Å²) in [6.45, 7) is 6.69. The zero-order valence-corrected chi connectivity index (χ0v) is 20.8. The fourth-order valence-electron chi connectivity index (χ4n) is 4.05. The maximum absolute atomic E-state index is 13.2. The molecule has 2 aromatic carbocycles. The highest BCUT2D eigenvalue weighted by Gasteiger charge is 2.46. The van der Waals surface area contributed by atoms with E-state index in [2.05, 4.69) is 6.58 Å². The first-order valence-electron chi connectivity index (χ1n) is 11.2. The van der Waals surface area contributed by atoms with Crippen LogP contribution < -0.4 is 14.2 Å². The summed E-state index contributed by atoms with van der Waals surface area (Å²) < 4.78 is 16.4. The number of ether oxygens (including phenoxy) is 3. The second-order valence-electron chi connectivity index (χ2n) is 8.49. The third-order valence-electron chi connectivity index (χ3n) is 5.86. The largest absolute Gasteiger partial charge is 0.507 e. The molecule has 0 spiro atoms. The van der Waals surface area contributed by atoms with Gasteiger partial charge in [0, 0.05) is 18.7 Å². The molecule has 1 aliphatic heterocycles. The summed E-state index contributed by atoms with van der Waals surface area (Å²) >= 11 is 0. The molecule has 1 aliphatic rings. The number of rotatable bonds is 10. The first kappa shape index (κ1) is 25.8. The standard InChI is InChI=1S/C27H32N2O6/c1-7-14-35-20-10-9-19(15-17(20)2)25(30)23-24(18-8-11-21(33-5)22(16-18)34-6)29(13-12-28(3)4)27(32)26(23)31/h7-11,15-16,24,30H,1,12-14H2,2-6H3. The van der Waals surface area contributed by atoms with E-state index < -0.39 is 17.7 Å². The van der Waals surface area contributed by atoms with Gasteiger partial charge in [-0.15, -0.1) is 0 Å². The molecule has 186 valence electrons. The Bertz CT molecular complexity index is 1150. The molecule has 0 aromatic heterocycles. The van der Waals surface area contributed by atoms with E-state index in [0.717, 1.165) is 5.56 Å². The minimum absolute atomic E-state index is 0.0279. The zero-order chi connectivity index (χ0) is 25.7. The first-order valence-corrected chi connectivity index (χ1v) is 11.2. The van der Waals surface area contributed by atoms with Gasteiger partial charge in [-0.25, -0.2) is 0 Å². The van der Waals surface area contributed by atoms with Crippen LogP contribution in [0.2, 0.25) is 0 Å². The van der Waals surface area contributed by atoms with Gasteiger partial charge in [0.05, 0.1) is 25.8 Å². The average molecular weight is 481 g/mol. The molecule has 0 saturated carbocycles. The normalized spacial score (nSPS) is 17.1. The van der Waals surface area contributed by atoms with Gasteiger partial charge in [-0.05, 0) is 62.5 Å². The van der Waals surface area contributed by atoms with E-state index in [0.29, 0.717) is 48.1 Å². The predicted octanol–water partition coefficient (Wildman–Crippen LogP) is 3.56. The molecule has 1 unspecified atom stereocenters. The molecule has 1 fully saturated rings. The molecular weight excluding hydrogens is 448 g/mol. The van der Waals surface area contributed by atoms with Crippen molar-refractivity contribution < 1.29 is 28.9 Å². The van der Waals surface area contributed by atoms with Crippen molar-refractivity contribution in [3.05, 3.63) is 71.3 Å². The SMILES string of the molecule is C=CCOc1ccc(C(O)=C2C(=O)C(=O)N(CCN(C)C)C2c2ccc(OC)c(OC)c2)cc1C. The summed E-state index contributed by atoms with van der Waals surface area (Å²) in [5.74, 6) is -0.00491. The lowest BCUT2D eigenvalue weighted by Crippen LogP contribution is -2.35. The Hall–Kier alpha value is -3.78.